The van der Waals surface area contributed by atoms with Crippen LogP contribution in [-0.2, 0) is 4.79 Å². The fraction of sp³-hybridized carbons (Fsp3) is 0.300. The zero-order valence-corrected chi connectivity index (χ0v) is 15.6. The molecule has 0 saturated carbocycles. The minimum absolute atomic E-state index is 0.0410. The van der Waals surface area contributed by atoms with Crippen molar-refractivity contribution in [3.05, 3.63) is 63.2 Å². The molecule has 1 amide bonds. The number of rotatable bonds is 7. The number of nitrogens with zero attached hydrogens (tertiary/aromatic N) is 3. The molecule has 0 aliphatic carbocycles. The zero-order valence-electron chi connectivity index (χ0n) is 15.6. The van der Waals surface area contributed by atoms with Crippen LogP contribution in [0.3, 0.4) is 0 Å². The zero-order chi connectivity index (χ0) is 20.0. The van der Waals surface area contributed by atoms with Crippen molar-refractivity contribution in [2.24, 2.45) is 0 Å². The van der Waals surface area contributed by atoms with E-state index >= 15 is 0 Å². The van der Waals surface area contributed by atoms with Gasteiger partial charge in [-0.15, -0.1) is 0 Å². The van der Waals surface area contributed by atoms with Gasteiger partial charge < -0.3 is 9.64 Å². The molecule has 2 rings (SSSR count). The molecule has 140 valence electrons. The summed E-state index contributed by atoms with van der Waals surface area (Å²) in [5.41, 5.74) is 3.33. The first kappa shape index (κ1) is 19.9. The van der Waals surface area contributed by atoms with Crippen molar-refractivity contribution in [3.8, 4) is 11.8 Å². The minimum atomic E-state index is -0.538. The van der Waals surface area contributed by atoms with Gasteiger partial charge in [0.25, 0.3) is 5.91 Å². The van der Waals surface area contributed by atoms with Crippen LogP contribution in [0.2, 0.25) is 0 Å². The molecule has 0 heterocycles. The molecule has 27 heavy (non-hydrogen) atoms. The summed E-state index contributed by atoms with van der Waals surface area (Å²) < 4.78 is 5.44. The third-order valence-electron chi connectivity index (χ3n) is 4.21. The van der Waals surface area contributed by atoms with E-state index in [-0.39, 0.29) is 36.9 Å². The van der Waals surface area contributed by atoms with Crippen LogP contribution in [-0.4, -0.2) is 24.0 Å². The van der Waals surface area contributed by atoms with Gasteiger partial charge >= 0.3 is 5.69 Å². The molecule has 0 fully saturated rings. The van der Waals surface area contributed by atoms with Crippen LogP contribution >= 0.6 is 0 Å². The molecule has 0 radical (unpaired) electrons. The number of carbonyl (C=O) groups is 1. The lowest BCUT2D eigenvalue weighted by molar-refractivity contribution is -0.385. The smallest absolute Gasteiger partial charge is 0.311 e. The molecule has 7 heteroatoms. The highest BCUT2D eigenvalue weighted by Gasteiger charge is 2.20. The Kier molecular flexibility index (Phi) is 6.50. The van der Waals surface area contributed by atoms with Crippen LogP contribution in [0, 0.1) is 42.2 Å². The molecule has 2 aromatic carbocycles. The van der Waals surface area contributed by atoms with E-state index in [4.69, 9.17) is 10.00 Å². The Hall–Kier alpha value is -3.40. The highest BCUT2D eigenvalue weighted by atomic mass is 16.6. The van der Waals surface area contributed by atoms with Crippen LogP contribution in [0.5, 0.6) is 5.75 Å². The van der Waals surface area contributed by atoms with E-state index in [1.54, 1.807) is 13.0 Å². The van der Waals surface area contributed by atoms with Crippen molar-refractivity contribution in [1.82, 2.24) is 0 Å². The number of carbonyl (C=O) groups excluding carboxylic acids is 1. The number of hydrogen-bond donors (Lipinski definition) is 0. The SMILES string of the molecule is Cc1ccc(OCC(=O)N(CCC#N)c2ccc(C)c(C)c2)c([N+](=O)[O-])c1. The van der Waals surface area contributed by atoms with Crippen LogP contribution in [0.4, 0.5) is 11.4 Å². The summed E-state index contributed by atoms with van der Waals surface area (Å²) in [5, 5.41) is 20.1. The molecular weight excluding hydrogens is 346 g/mol. The highest BCUT2D eigenvalue weighted by Crippen LogP contribution is 2.28. The summed E-state index contributed by atoms with van der Waals surface area (Å²) in [5.74, 6) is -0.331. The number of nitriles is 1. The Morgan fingerprint density at radius 2 is 1.93 bits per heavy atom. The van der Waals surface area contributed by atoms with Gasteiger partial charge in [-0.2, -0.15) is 5.26 Å². The van der Waals surface area contributed by atoms with Crippen molar-refractivity contribution in [1.29, 1.82) is 5.26 Å². The number of aryl methyl sites for hydroxylation is 3. The summed E-state index contributed by atoms with van der Waals surface area (Å²) >= 11 is 0. The van der Waals surface area contributed by atoms with Crippen molar-refractivity contribution in [2.75, 3.05) is 18.1 Å². The normalized spacial score (nSPS) is 10.1. The molecule has 0 aliphatic rings. The van der Waals surface area contributed by atoms with E-state index in [1.165, 1.54) is 17.0 Å². The van der Waals surface area contributed by atoms with Gasteiger partial charge in [0.2, 0.25) is 0 Å². The summed E-state index contributed by atoms with van der Waals surface area (Å²) in [6.45, 7) is 5.52. The maximum Gasteiger partial charge on any atom is 0.311 e. The number of anilines is 1. The molecule has 0 spiro atoms. The van der Waals surface area contributed by atoms with Crippen molar-refractivity contribution in [2.45, 2.75) is 27.2 Å². The molecule has 0 unspecified atom stereocenters. The Morgan fingerprint density at radius 3 is 2.56 bits per heavy atom. The Morgan fingerprint density at radius 1 is 1.19 bits per heavy atom. The Bertz CT molecular complexity index is 903. The largest absolute Gasteiger partial charge is 0.477 e. The fourth-order valence-corrected chi connectivity index (χ4v) is 2.56. The number of amides is 1. The fourth-order valence-electron chi connectivity index (χ4n) is 2.56. The molecule has 0 atom stereocenters. The van der Waals surface area contributed by atoms with Gasteiger partial charge in [-0.05, 0) is 55.7 Å². The summed E-state index contributed by atoms with van der Waals surface area (Å²) in [6, 6.07) is 12.2. The lowest BCUT2D eigenvalue weighted by Crippen LogP contribution is -2.35. The van der Waals surface area contributed by atoms with E-state index in [1.807, 2.05) is 38.1 Å². The molecular formula is C20H21N3O4. The topological polar surface area (TPSA) is 96.5 Å². The molecule has 0 N–H and O–H groups in total. The Balaban J connectivity index is 2.20. The predicted octanol–water partition coefficient (Wildman–Crippen LogP) is 3.85. The predicted molar refractivity (Wildman–Crippen MR) is 102 cm³/mol. The third kappa shape index (κ3) is 5.05. The average molecular weight is 367 g/mol. The second-order valence-electron chi connectivity index (χ2n) is 6.24. The number of benzene rings is 2. The van der Waals surface area contributed by atoms with E-state index in [0.29, 0.717) is 5.69 Å². The first-order valence-corrected chi connectivity index (χ1v) is 8.46. The minimum Gasteiger partial charge on any atom is -0.477 e. The number of nitro benzene ring substituents is 1. The van der Waals surface area contributed by atoms with Crippen LogP contribution < -0.4 is 9.64 Å². The molecule has 0 saturated heterocycles. The van der Waals surface area contributed by atoms with Crippen LogP contribution in [0.15, 0.2) is 36.4 Å². The third-order valence-corrected chi connectivity index (χ3v) is 4.21. The lowest BCUT2D eigenvalue weighted by Gasteiger charge is -2.22. The Labute approximate surface area is 157 Å². The number of nitro groups is 1. The average Bonchev–Trinajstić information content (AvgIpc) is 2.63. The molecule has 0 bridgehead atoms. The maximum absolute atomic E-state index is 12.7. The summed E-state index contributed by atoms with van der Waals surface area (Å²) in [7, 11) is 0. The standard InChI is InChI=1S/C20H21N3O4/c1-14-5-8-19(18(11-14)23(25)26)27-13-20(24)22(10-4-9-21)17-7-6-15(2)16(3)12-17/h5-8,11-12H,4,10,13H2,1-3H3. The van der Waals surface area contributed by atoms with E-state index in [0.717, 1.165) is 16.7 Å². The first-order valence-electron chi connectivity index (χ1n) is 8.46. The number of hydrogen-bond acceptors (Lipinski definition) is 5. The van der Waals surface area contributed by atoms with Gasteiger partial charge in [-0.25, -0.2) is 0 Å². The molecule has 0 aromatic heterocycles. The second-order valence-corrected chi connectivity index (χ2v) is 6.24. The van der Waals surface area contributed by atoms with Gasteiger partial charge in [0, 0.05) is 18.3 Å². The highest BCUT2D eigenvalue weighted by molar-refractivity contribution is 5.94. The van der Waals surface area contributed by atoms with Gasteiger partial charge in [0.15, 0.2) is 12.4 Å². The summed E-state index contributed by atoms with van der Waals surface area (Å²) in [4.78, 5) is 24.8. The van der Waals surface area contributed by atoms with Gasteiger partial charge in [-0.1, -0.05) is 12.1 Å². The molecule has 7 nitrogen and oxygen atoms in total. The second kappa shape index (κ2) is 8.81. The van der Waals surface area contributed by atoms with E-state index in [9.17, 15) is 14.9 Å². The maximum atomic E-state index is 12.7. The van der Waals surface area contributed by atoms with Crippen molar-refractivity contribution >= 4 is 17.3 Å². The van der Waals surface area contributed by atoms with Crippen molar-refractivity contribution < 1.29 is 14.5 Å². The molecule has 0 aliphatic heterocycles. The number of ether oxygens (including phenoxy) is 1. The van der Waals surface area contributed by atoms with Crippen molar-refractivity contribution in [3.63, 3.8) is 0 Å². The van der Waals surface area contributed by atoms with Gasteiger partial charge in [-0.3, -0.25) is 14.9 Å². The van der Waals surface area contributed by atoms with E-state index in [2.05, 4.69) is 0 Å². The monoisotopic (exact) mass is 367 g/mol. The summed E-state index contributed by atoms with van der Waals surface area (Å²) in [6.07, 6.45) is 0.170. The first-order chi connectivity index (χ1) is 12.8. The molecule has 2 aromatic rings. The van der Waals surface area contributed by atoms with E-state index < -0.39 is 4.92 Å². The van der Waals surface area contributed by atoms with Gasteiger partial charge in [0.05, 0.1) is 17.4 Å². The van der Waals surface area contributed by atoms with Gasteiger partial charge in [0.1, 0.15) is 0 Å². The van der Waals surface area contributed by atoms with Crippen LogP contribution in [0.25, 0.3) is 0 Å². The quantitative estimate of drug-likeness (QED) is 0.547. The van der Waals surface area contributed by atoms with Crippen LogP contribution in [0.1, 0.15) is 23.1 Å². The lowest BCUT2D eigenvalue weighted by atomic mass is 10.1.